The minimum atomic E-state index is -0.926. The van der Waals surface area contributed by atoms with Crippen LogP contribution in [0.25, 0.3) is 0 Å². The van der Waals surface area contributed by atoms with Gasteiger partial charge in [0.2, 0.25) is 5.91 Å². The Kier molecular flexibility index (Phi) is 6.28. The molecule has 1 aliphatic carbocycles. The minimum absolute atomic E-state index is 0.0280. The van der Waals surface area contributed by atoms with Crippen LogP contribution < -0.4 is 5.32 Å². The van der Waals surface area contributed by atoms with E-state index >= 15 is 0 Å². The van der Waals surface area contributed by atoms with Crippen LogP contribution in [0.4, 0.5) is 5.69 Å². The number of amides is 1. The first-order valence-electron chi connectivity index (χ1n) is 8.10. The van der Waals surface area contributed by atoms with E-state index in [-0.39, 0.29) is 18.0 Å². The van der Waals surface area contributed by atoms with Crippen LogP contribution in [0.5, 0.6) is 0 Å². The first-order chi connectivity index (χ1) is 11.5. The maximum Gasteiger partial charge on any atom is 0.328 e. The van der Waals surface area contributed by atoms with Crippen molar-refractivity contribution in [2.45, 2.75) is 44.6 Å². The molecule has 24 heavy (non-hydrogen) atoms. The molecule has 1 aromatic rings. The number of carbonyl (C=O) groups is 2. The van der Waals surface area contributed by atoms with Gasteiger partial charge in [-0.15, -0.1) is 0 Å². The predicted molar refractivity (Wildman–Crippen MR) is 87.3 cm³/mol. The van der Waals surface area contributed by atoms with E-state index in [0.717, 1.165) is 25.7 Å². The lowest BCUT2D eigenvalue weighted by Gasteiger charge is -2.18. The molecule has 7 nitrogen and oxygen atoms in total. The standard InChI is InChI=1S/C17H22N2O5/c1-24-17(21)14(18-16(20)10-12-6-2-3-7-12)11-13-8-4-5-9-15(13)19(22)23/h4-5,8-9,12,14H,2-3,6-7,10-11H2,1H3,(H,18,20)/t14-/m0/s1. The summed E-state index contributed by atoms with van der Waals surface area (Å²) in [5.41, 5.74) is 0.315. The molecule has 1 saturated carbocycles. The maximum absolute atomic E-state index is 12.2. The number of hydrogen-bond donors (Lipinski definition) is 1. The summed E-state index contributed by atoms with van der Waals surface area (Å²) in [7, 11) is 1.23. The third-order valence-electron chi connectivity index (χ3n) is 4.38. The van der Waals surface area contributed by atoms with Gasteiger partial charge in [-0.1, -0.05) is 31.0 Å². The van der Waals surface area contributed by atoms with Gasteiger partial charge in [0.15, 0.2) is 0 Å². The summed E-state index contributed by atoms with van der Waals surface area (Å²) in [4.78, 5) is 34.8. The number of rotatable bonds is 7. The van der Waals surface area contributed by atoms with Crippen molar-refractivity contribution in [3.8, 4) is 0 Å². The highest BCUT2D eigenvalue weighted by Gasteiger charge is 2.27. The molecular formula is C17H22N2O5. The highest BCUT2D eigenvalue weighted by atomic mass is 16.6. The Morgan fingerprint density at radius 2 is 2.00 bits per heavy atom. The number of nitrogens with one attached hydrogen (secondary N) is 1. The lowest BCUT2D eigenvalue weighted by Crippen LogP contribution is -2.43. The summed E-state index contributed by atoms with van der Waals surface area (Å²) >= 11 is 0. The Bertz CT molecular complexity index is 611. The van der Waals surface area contributed by atoms with Gasteiger partial charge in [0.25, 0.3) is 5.69 Å². The molecule has 1 amide bonds. The molecule has 0 saturated heterocycles. The Labute approximate surface area is 140 Å². The summed E-state index contributed by atoms with van der Waals surface area (Å²) in [6, 6.07) is 5.26. The molecular weight excluding hydrogens is 312 g/mol. The van der Waals surface area contributed by atoms with Gasteiger partial charge in [-0.05, 0) is 18.8 Å². The number of ether oxygens (including phenoxy) is 1. The van der Waals surface area contributed by atoms with Crippen molar-refractivity contribution in [3.05, 3.63) is 39.9 Å². The zero-order valence-corrected chi connectivity index (χ0v) is 13.7. The summed E-state index contributed by atoms with van der Waals surface area (Å²) in [6.45, 7) is 0. The van der Waals surface area contributed by atoms with Gasteiger partial charge in [-0.25, -0.2) is 4.79 Å². The quantitative estimate of drug-likeness (QED) is 0.469. The normalized spacial score (nSPS) is 15.7. The lowest BCUT2D eigenvalue weighted by molar-refractivity contribution is -0.385. The van der Waals surface area contributed by atoms with E-state index in [2.05, 4.69) is 5.32 Å². The molecule has 1 aromatic carbocycles. The second-order valence-corrected chi connectivity index (χ2v) is 6.09. The highest BCUT2D eigenvalue weighted by Crippen LogP contribution is 2.27. The van der Waals surface area contributed by atoms with E-state index in [1.165, 1.54) is 13.2 Å². The fraction of sp³-hybridized carbons (Fsp3) is 0.529. The molecule has 0 radical (unpaired) electrons. The van der Waals surface area contributed by atoms with Crippen molar-refractivity contribution in [2.75, 3.05) is 7.11 Å². The molecule has 1 fully saturated rings. The number of carbonyl (C=O) groups excluding carboxylic acids is 2. The van der Waals surface area contributed by atoms with Crippen LogP contribution in [-0.2, 0) is 20.7 Å². The molecule has 0 aromatic heterocycles. The van der Waals surface area contributed by atoms with Crippen LogP contribution >= 0.6 is 0 Å². The second kappa shape index (κ2) is 8.42. The average molecular weight is 334 g/mol. The van der Waals surface area contributed by atoms with E-state index < -0.39 is 16.9 Å². The van der Waals surface area contributed by atoms with E-state index in [1.807, 2.05) is 0 Å². The molecule has 0 spiro atoms. The Morgan fingerprint density at radius 1 is 1.33 bits per heavy atom. The van der Waals surface area contributed by atoms with E-state index in [9.17, 15) is 19.7 Å². The summed E-state index contributed by atoms with van der Waals surface area (Å²) < 4.78 is 4.73. The van der Waals surface area contributed by atoms with Crippen LogP contribution in [0.3, 0.4) is 0 Å². The SMILES string of the molecule is COC(=O)[C@H](Cc1ccccc1[N+](=O)[O-])NC(=O)CC1CCCC1. The van der Waals surface area contributed by atoms with E-state index in [0.29, 0.717) is 17.9 Å². The van der Waals surface area contributed by atoms with Gasteiger partial charge >= 0.3 is 5.97 Å². The number of methoxy groups -OCH3 is 1. The highest BCUT2D eigenvalue weighted by molar-refractivity contribution is 5.84. The van der Waals surface area contributed by atoms with Crippen LogP contribution in [-0.4, -0.2) is 30.0 Å². The molecule has 0 aliphatic heterocycles. The van der Waals surface area contributed by atoms with E-state index in [4.69, 9.17) is 4.74 Å². The molecule has 7 heteroatoms. The topological polar surface area (TPSA) is 98.5 Å². The number of nitro benzene ring substituents is 1. The second-order valence-electron chi connectivity index (χ2n) is 6.09. The number of benzene rings is 1. The first kappa shape index (κ1) is 17.9. The molecule has 1 N–H and O–H groups in total. The molecule has 0 bridgehead atoms. The van der Waals surface area contributed by atoms with Crippen molar-refractivity contribution >= 4 is 17.6 Å². The first-order valence-corrected chi connectivity index (χ1v) is 8.10. The average Bonchev–Trinajstić information content (AvgIpc) is 3.06. The van der Waals surface area contributed by atoms with Crippen LogP contribution in [0, 0.1) is 16.0 Å². The van der Waals surface area contributed by atoms with Crippen molar-refractivity contribution in [1.29, 1.82) is 0 Å². The molecule has 130 valence electrons. The number of para-hydroxylation sites is 1. The number of hydrogen-bond acceptors (Lipinski definition) is 5. The Morgan fingerprint density at radius 3 is 2.62 bits per heavy atom. The van der Waals surface area contributed by atoms with Gasteiger partial charge < -0.3 is 10.1 Å². The Hall–Kier alpha value is -2.44. The van der Waals surface area contributed by atoms with Gasteiger partial charge in [-0.2, -0.15) is 0 Å². The van der Waals surface area contributed by atoms with Crippen molar-refractivity contribution in [3.63, 3.8) is 0 Å². The maximum atomic E-state index is 12.2. The third kappa shape index (κ3) is 4.78. The predicted octanol–water partition coefficient (Wildman–Crippen LogP) is 2.38. The number of nitrogens with zero attached hydrogens (tertiary/aromatic N) is 1. The van der Waals surface area contributed by atoms with Crippen molar-refractivity contribution in [2.24, 2.45) is 5.92 Å². The monoisotopic (exact) mass is 334 g/mol. The van der Waals surface area contributed by atoms with Crippen LogP contribution in [0.2, 0.25) is 0 Å². The van der Waals surface area contributed by atoms with Crippen LogP contribution in [0.1, 0.15) is 37.7 Å². The van der Waals surface area contributed by atoms with E-state index in [1.54, 1.807) is 18.2 Å². The fourth-order valence-corrected chi connectivity index (χ4v) is 3.15. The zero-order chi connectivity index (χ0) is 17.5. The van der Waals surface area contributed by atoms with Crippen molar-refractivity contribution < 1.29 is 19.2 Å². The largest absolute Gasteiger partial charge is 0.467 e. The van der Waals surface area contributed by atoms with Gasteiger partial charge in [-0.3, -0.25) is 14.9 Å². The van der Waals surface area contributed by atoms with Gasteiger partial charge in [0.1, 0.15) is 6.04 Å². The molecule has 0 unspecified atom stereocenters. The van der Waals surface area contributed by atoms with Gasteiger partial charge in [0.05, 0.1) is 12.0 Å². The lowest BCUT2D eigenvalue weighted by atomic mass is 10.0. The minimum Gasteiger partial charge on any atom is -0.467 e. The molecule has 0 heterocycles. The smallest absolute Gasteiger partial charge is 0.328 e. The van der Waals surface area contributed by atoms with Crippen LogP contribution in [0.15, 0.2) is 24.3 Å². The summed E-state index contributed by atoms with van der Waals surface area (Å²) in [5.74, 6) is -0.460. The molecule has 2 rings (SSSR count). The third-order valence-corrected chi connectivity index (χ3v) is 4.38. The summed E-state index contributed by atoms with van der Waals surface area (Å²) in [5, 5.41) is 13.8. The zero-order valence-electron chi connectivity index (χ0n) is 13.7. The summed E-state index contributed by atoms with van der Waals surface area (Å²) in [6.07, 6.45) is 4.73. The fourth-order valence-electron chi connectivity index (χ4n) is 3.15. The van der Waals surface area contributed by atoms with Crippen molar-refractivity contribution in [1.82, 2.24) is 5.32 Å². The van der Waals surface area contributed by atoms with Gasteiger partial charge in [0, 0.05) is 24.5 Å². The Balaban J connectivity index is 2.07. The number of nitro groups is 1. The number of esters is 1. The molecule has 1 atom stereocenters. The molecule has 1 aliphatic rings.